The highest BCUT2D eigenvalue weighted by atomic mass is 35.5. The minimum Gasteiger partial charge on any atom is -0.281 e. The van der Waals surface area contributed by atoms with Gasteiger partial charge in [0.2, 0.25) is 5.24 Å². The molecule has 0 aliphatic carbocycles. The Morgan fingerprint density at radius 3 is 2.08 bits per heavy atom. The molecule has 0 bridgehead atoms. The van der Waals surface area contributed by atoms with Crippen LogP contribution in [0.1, 0.15) is 58.8 Å². The van der Waals surface area contributed by atoms with Gasteiger partial charge in [0.15, 0.2) is 0 Å². The lowest BCUT2D eigenvalue weighted by Crippen LogP contribution is -2.00. The van der Waals surface area contributed by atoms with E-state index in [1.54, 1.807) is 0 Å². The molecule has 0 saturated carbocycles. The molecule has 0 aromatic heterocycles. The second-order valence-corrected chi connectivity index (χ2v) is 4.11. The van der Waals surface area contributed by atoms with Gasteiger partial charge in [-0.15, -0.1) is 0 Å². The molecule has 0 unspecified atom stereocenters. The SMILES string of the molecule is CCCC(CCC)CCCC(=O)Cl. The van der Waals surface area contributed by atoms with Gasteiger partial charge in [-0.25, -0.2) is 0 Å². The van der Waals surface area contributed by atoms with Crippen molar-refractivity contribution >= 4 is 16.8 Å². The third-order valence-electron chi connectivity index (χ3n) is 2.38. The van der Waals surface area contributed by atoms with Crippen molar-refractivity contribution in [1.82, 2.24) is 0 Å². The average molecular weight is 205 g/mol. The molecule has 0 radical (unpaired) electrons. The van der Waals surface area contributed by atoms with Crippen LogP contribution in [0.3, 0.4) is 0 Å². The topological polar surface area (TPSA) is 17.1 Å². The minimum absolute atomic E-state index is 0.188. The molecule has 0 heterocycles. The van der Waals surface area contributed by atoms with Crippen molar-refractivity contribution in [3.63, 3.8) is 0 Å². The summed E-state index contributed by atoms with van der Waals surface area (Å²) in [5.74, 6) is 0.811. The van der Waals surface area contributed by atoms with Crippen LogP contribution in [0, 0.1) is 5.92 Å². The standard InChI is InChI=1S/C11H21ClO/c1-3-6-10(7-4-2)8-5-9-11(12)13/h10H,3-9H2,1-2H3. The predicted octanol–water partition coefficient (Wildman–Crippen LogP) is 4.14. The molecule has 0 atom stereocenters. The molecular formula is C11H21ClO. The van der Waals surface area contributed by atoms with Gasteiger partial charge in [0.05, 0.1) is 0 Å². The molecule has 0 spiro atoms. The predicted molar refractivity (Wildman–Crippen MR) is 58.0 cm³/mol. The summed E-state index contributed by atoms with van der Waals surface area (Å²) in [4.78, 5) is 10.5. The van der Waals surface area contributed by atoms with Gasteiger partial charge in [-0.3, -0.25) is 4.79 Å². The number of hydrogen-bond donors (Lipinski definition) is 0. The number of halogens is 1. The number of hydrogen-bond acceptors (Lipinski definition) is 1. The first-order chi connectivity index (χ1) is 6.20. The molecule has 0 aromatic rings. The van der Waals surface area contributed by atoms with Gasteiger partial charge in [-0.05, 0) is 30.4 Å². The summed E-state index contributed by atoms with van der Waals surface area (Å²) in [5, 5.41) is -0.188. The maximum Gasteiger partial charge on any atom is 0.221 e. The quantitative estimate of drug-likeness (QED) is 0.544. The summed E-state index contributed by atoms with van der Waals surface area (Å²) >= 11 is 5.28. The smallest absolute Gasteiger partial charge is 0.221 e. The van der Waals surface area contributed by atoms with Crippen molar-refractivity contribution in [3.8, 4) is 0 Å². The summed E-state index contributed by atoms with van der Waals surface area (Å²) in [6, 6.07) is 0. The molecule has 78 valence electrons. The van der Waals surface area contributed by atoms with Crippen molar-refractivity contribution in [3.05, 3.63) is 0 Å². The molecule has 0 aliphatic heterocycles. The van der Waals surface area contributed by atoms with Gasteiger partial charge in [-0.1, -0.05) is 39.5 Å². The molecule has 0 aliphatic rings. The lowest BCUT2D eigenvalue weighted by atomic mass is 9.93. The molecular weight excluding hydrogens is 184 g/mol. The van der Waals surface area contributed by atoms with Crippen LogP contribution in [0.4, 0.5) is 0 Å². The second kappa shape index (κ2) is 8.55. The molecule has 1 nitrogen and oxygen atoms in total. The van der Waals surface area contributed by atoms with E-state index in [0.717, 1.165) is 12.3 Å². The highest BCUT2D eigenvalue weighted by molar-refractivity contribution is 6.63. The fraction of sp³-hybridized carbons (Fsp3) is 0.909. The van der Waals surface area contributed by atoms with E-state index in [9.17, 15) is 4.79 Å². The third kappa shape index (κ3) is 8.29. The van der Waals surface area contributed by atoms with E-state index < -0.39 is 0 Å². The van der Waals surface area contributed by atoms with Crippen molar-refractivity contribution < 1.29 is 4.79 Å². The van der Waals surface area contributed by atoms with Gasteiger partial charge < -0.3 is 0 Å². The van der Waals surface area contributed by atoms with Crippen molar-refractivity contribution in [2.24, 2.45) is 5.92 Å². The molecule has 0 aromatic carbocycles. The van der Waals surface area contributed by atoms with E-state index in [1.165, 1.54) is 32.1 Å². The van der Waals surface area contributed by atoms with Gasteiger partial charge in [-0.2, -0.15) is 0 Å². The summed E-state index contributed by atoms with van der Waals surface area (Å²) in [6.45, 7) is 4.44. The summed E-state index contributed by atoms with van der Waals surface area (Å²) in [6.07, 6.45) is 7.77. The Hall–Kier alpha value is -0.0400. The van der Waals surface area contributed by atoms with Crippen molar-refractivity contribution in [2.45, 2.75) is 58.8 Å². The average Bonchev–Trinajstić information content (AvgIpc) is 2.04. The molecule has 0 fully saturated rings. The number of carbonyl (C=O) groups is 1. The summed E-state index contributed by atoms with van der Waals surface area (Å²) in [7, 11) is 0. The fourth-order valence-corrected chi connectivity index (χ4v) is 1.91. The lowest BCUT2D eigenvalue weighted by molar-refractivity contribution is -0.111. The summed E-state index contributed by atoms with van der Waals surface area (Å²) in [5.41, 5.74) is 0. The first-order valence-corrected chi connectivity index (χ1v) is 5.76. The zero-order valence-electron chi connectivity index (χ0n) is 8.81. The van der Waals surface area contributed by atoms with Crippen LogP contribution in [0.2, 0.25) is 0 Å². The van der Waals surface area contributed by atoms with E-state index in [4.69, 9.17) is 11.6 Å². The van der Waals surface area contributed by atoms with Crippen LogP contribution in [-0.4, -0.2) is 5.24 Å². The first-order valence-electron chi connectivity index (χ1n) is 5.39. The van der Waals surface area contributed by atoms with Crippen LogP contribution in [-0.2, 0) is 4.79 Å². The molecule has 0 N–H and O–H groups in total. The maximum atomic E-state index is 10.5. The zero-order chi connectivity index (χ0) is 10.1. The van der Waals surface area contributed by atoms with Crippen LogP contribution in [0.15, 0.2) is 0 Å². The molecule has 0 rings (SSSR count). The van der Waals surface area contributed by atoms with E-state index in [-0.39, 0.29) is 5.24 Å². The third-order valence-corrected chi connectivity index (χ3v) is 2.57. The molecule has 13 heavy (non-hydrogen) atoms. The Bertz CT molecular complexity index is 128. The lowest BCUT2D eigenvalue weighted by Gasteiger charge is -2.13. The Balaban J connectivity index is 3.49. The largest absolute Gasteiger partial charge is 0.281 e. The van der Waals surface area contributed by atoms with E-state index in [1.807, 2.05) is 0 Å². The molecule has 2 heteroatoms. The number of carbonyl (C=O) groups excluding carboxylic acids is 1. The normalized spacial score (nSPS) is 10.8. The molecule has 0 saturated heterocycles. The van der Waals surface area contributed by atoms with Crippen LogP contribution < -0.4 is 0 Å². The van der Waals surface area contributed by atoms with Gasteiger partial charge in [0.25, 0.3) is 0 Å². The van der Waals surface area contributed by atoms with Gasteiger partial charge in [0.1, 0.15) is 0 Å². The highest BCUT2D eigenvalue weighted by Gasteiger charge is 2.07. The second-order valence-electron chi connectivity index (χ2n) is 3.69. The maximum absolute atomic E-state index is 10.5. The Labute approximate surface area is 86.9 Å². The Morgan fingerprint density at radius 1 is 1.15 bits per heavy atom. The Morgan fingerprint density at radius 2 is 1.69 bits per heavy atom. The van der Waals surface area contributed by atoms with Crippen LogP contribution in [0.5, 0.6) is 0 Å². The van der Waals surface area contributed by atoms with E-state index in [2.05, 4.69) is 13.8 Å². The fourth-order valence-electron chi connectivity index (χ4n) is 1.78. The van der Waals surface area contributed by atoms with Crippen LogP contribution in [0.25, 0.3) is 0 Å². The first kappa shape index (κ1) is 13.0. The van der Waals surface area contributed by atoms with E-state index in [0.29, 0.717) is 6.42 Å². The zero-order valence-corrected chi connectivity index (χ0v) is 9.57. The number of rotatable bonds is 8. The minimum atomic E-state index is -0.188. The van der Waals surface area contributed by atoms with Gasteiger partial charge >= 0.3 is 0 Å². The Kier molecular flexibility index (Phi) is 8.53. The van der Waals surface area contributed by atoms with Gasteiger partial charge in [0, 0.05) is 6.42 Å². The summed E-state index contributed by atoms with van der Waals surface area (Å²) < 4.78 is 0. The van der Waals surface area contributed by atoms with E-state index >= 15 is 0 Å². The highest BCUT2D eigenvalue weighted by Crippen LogP contribution is 2.20. The van der Waals surface area contributed by atoms with Crippen molar-refractivity contribution in [1.29, 1.82) is 0 Å². The monoisotopic (exact) mass is 204 g/mol. The van der Waals surface area contributed by atoms with Crippen molar-refractivity contribution in [2.75, 3.05) is 0 Å². The van der Waals surface area contributed by atoms with Crippen LogP contribution >= 0.6 is 11.6 Å². The molecule has 0 amide bonds.